The summed E-state index contributed by atoms with van der Waals surface area (Å²) < 4.78 is 0. The van der Waals surface area contributed by atoms with Gasteiger partial charge in [-0.15, -0.1) is 0 Å². The van der Waals surface area contributed by atoms with Crippen molar-refractivity contribution in [1.29, 1.82) is 0 Å². The minimum atomic E-state index is 0.889. The molecule has 0 aliphatic heterocycles. The van der Waals surface area contributed by atoms with Gasteiger partial charge in [-0.2, -0.15) is 0 Å². The van der Waals surface area contributed by atoms with Crippen molar-refractivity contribution in [3.05, 3.63) is 188 Å². The molecule has 6 atom stereocenters. The second-order valence-electron chi connectivity index (χ2n) is 24.6. The molecule has 0 nitrogen and oxygen atoms in total. The first-order valence-electron chi connectivity index (χ1n) is 30.1. The Balaban J connectivity index is 0.000000187. The molecule has 5 aliphatic carbocycles. The monoisotopic (exact) mass is 997 g/mol. The molecule has 6 unspecified atom stereocenters. The number of benzene rings is 6. The predicted molar refractivity (Wildman–Crippen MR) is 331 cm³/mol. The van der Waals surface area contributed by atoms with Gasteiger partial charge in [0.25, 0.3) is 0 Å². The fourth-order valence-corrected chi connectivity index (χ4v) is 11.7. The van der Waals surface area contributed by atoms with Crippen molar-refractivity contribution in [2.24, 2.45) is 47.3 Å². The number of hydrogen-bond acceptors (Lipinski definition) is 0. The van der Waals surface area contributed by atoms with Gasteiger partial charge in [0, 0.05) is 0 Å². The average molecular weight is 998 g/mol. The third-order valence-corrected chi connectivity index (χ3v) is 16.7. The topological polar surface area (TPSA) is 0 Å². The van der Waals surface area contributed by atoms with Crippen LogP contribution in [0.4, 0.5) is 0 Å². The zero-order valence-corrected chi connectivity index (χ0v) is 50.5. The standard InChI is InChI=1S/C12H22.2C12H16.C12H12.C8H16.2C8H10.C2H6/c4*1-9-3-5-12-8-10(2)4-6-11(12)7-9;3*1-7-3-5-8(2)6-4-7;1-2/h9-12H,3-8H2,1-2H3;2*3,5,7,10H,4,6,8H2,1-2H3;3-8H,1-2H3;7-8H,3-6H2,1-2H3;2*3-6H,1-2H3;1-2H3. The molecule has 6 aromatic carbocycles. The summed E-state index contributed by atoms with van der Waals surface area (Å²) in [6.07, 6.45) is 23.0. The first-order chi connectivity index (χ1) is 35.4. The van der Waals surface area contributed by atoms with Gasteiger partial charge >= 0.3 is 0 Å². The van der Waals surface area contributed by atoms with Crippen LogP contribution in [-0.4, -0.2) is 0 Å². The molecule has 0 radical (unpaired) electrons. The largest absolute Gasteiger partial charge is 0.0683 e. The highest BCUT2D eigenvalue weighted by Gasteiger charge is 2.32. The summed E-state index contributed by atoms with van der Waals surface area (Å²) >= 11 is 0. The lowest BCUT2D eigenvalue weighted by Crippen LogP contribution is -2.29. The molecule has 74 heavy (non-hydrogen) atoms. The van der Waals surface area contributed by atoms with E-state index in [2.05, 4.69) is 218 Å². The van der Waals surface area contributed by atoms with Crippen LogP contribution >= 0.6 is 0 Å². The van der Waals surface area contributed by atoms with Gasteiger partial charge in [0.2, 0.25) is 0 Å². The lowest BCUT2D eigenvalue weighted by Gasteiger charge is -2.40. The second kappa shape index (κ2) is 32.9. The molecule has 0 heterocycles. The molecule has 5 aliphatic rings. The van der Waals surface area contributed by atoms with E-state index in [9.17, 15) is 0 Å². The van der Waals surface area contributed by atoms with Crippen molar-refractivity contribution < 1.29 is 0 Å². The van der Waals surface area contributed by atoms with Gasteiger partial charge < -0.3 is 0 Å². The average Bonchev–Trinajstić information content (AvgIpc) is 3.39. The van der Waals surface area contributed by atoms with Crippen molar-refractivity contribution in [3.8, 4) is 0 Å². The van der Waals surface area contributed by atoms with Gasteiger partial charge in [-0.1, -0.05) is 260 Å². The molecule has 6 aromatic rings. The van der Waals surface area contributed by atoms with Crippen LogP contribution in [-0.2, 0) is 25.7 Å². The summed E-state index contributed by atoms with van der Waals surface area (Å²) in [5.74, 6) is 8.10. The normalized spacial score (nSPS) is 23.1. The molecule has 11 rings (SSSR count). The predicted octanol–water partition coefficient (Wildman–Crippen LogP) is 22.0. The van der Waals surface area contributed by atoms with Gasteiger partial charge in [-0.3, -0.25) is 0 Å². The molecule has 0 saturated heterocycles. The third kappa shape index (κ3) is 23.2. The molecule has 0 aromatic heterocycles. The molecule has 0 amide bonds. The van der Waals surface area contributed by atoms with E-state index >= 15 is 0 Å². The molecule has 0 N–H and O–H groups in total. The summed E-state index contributed by atoms with van der Waals surface area (Å²) in [6, 6.07) is 43.8. The van der Waals surface area contributed by atoms with Crippen LogP contribution < -0.4 is 0 Å². The fourth-order valence-electron chi connectivity index (χ4n) is 11.7. The van der Waals surface area contributed by atoms with Crippen molar-refractivity contribution >= 4 is 10.8 Å². The van der Waals surface area contributed by atoms with Gasteiger partial charge in [0.1, 0.15) is 0 Å². The maximum atomic E-state index is 2.44. The molecule has 3 fully saturated rings. The second-order valence-corrected chi connectivity index (χ2v) is 24.6. The zero-order chi connectivity index (χ0) is 54.2. The number of fused-ring (bicyclic) bond motifs is 4. The molecule has 0 bridgehead atoms. The summed E-state index contributed by atoms with van der Waals surface area (Å²) in [5.41, 5.74) is 17.1. The molecular formula is C74H108. The summed E-state index contributed by atoms with van der Waals surface area (Å²) in [4.78, 5) is 0. The number of aryl methyl sites for hydroxylation is 10. The molecule has 0 spiro atoms. The SMILES string of the molecule is CC.CC1CCC(C)CC1.CC1CCC2CC(C)CCC2C1.Cc1ccc(C)cc1.Cc1ccc(C)cc1.Cc1ccc2c(c1)CCC(C)C2.Cc1ccc2c(c1)CCC(C)C2.Cc1ccc2cc(C)ccc2c1. The van der Waals surface area contributed by atoms with Crippen LogP contribution in [0.25, 0.3) is 10.8 Å². The first-order valence-corrected chi connectivity index (χ1v) is 30.1. The van der Waals surface area contributed by atoms with E-state index in [1.165, 1.54) is 158 Å². The van der Waals surface area contributed by atoms with Gasteiger partial charge in [-0.05, 0) is 200 Å². The van der Waals surface area contributed by atoms with E-state index in [4.69, 9.17) is 0 Å². The Morgan fingerprint density at radius 1 is 0.257 bits per heavy atom. The van der Waals surface area contributed by atoms with Crippen molar-refractivity contribution in [2.45, 2.75) is 214 Å². The first kappa shape index (κ1) is 62.1. The van der Waals surface area contributed by atoms with Gasteiger partial charge in [-0.25, -0.2) is 0 Å². The lowest BCUT2D eigenvalue weighted by atomic mass is 9.65. The highest BCUT2D eigenvalue weighted by Crippen LogP contribution is 2.44. The maximum absolute atomic E-state index is 2.44. The van der Waals surface area contributed by atoms with E-state index in [0.717, 1.165) is 47.3 Å². The minimum Gasteiger partial charge on any atom is -0.0683 e. The van der Waals surface area contributed by atoms with Crippen LogP contribution in [0.5, 0.6) is 0 Å². The summed E-state index contributed by atoms with van der Waals surface area (Å²) in [6.45, 7) is 35.3. The van der Waals surface area contributed by atoms with Crippen LogP contribution in [0.2, 0.25) is 0 Å². The highest BCUT2D eigenvalue weighted by molar-refractivity contribution is 5.83. The van der Waals surface area contributed by atoms with E-state index in [-0.39, 0.29) is 0 Å². The Morgan fingerprint density at radius 3 is 0.851 bits per heavy atom. The van der Waals surface area contributed by atoms with Crippen LogP contribution in [0.1, 0.15) is 199 Å². The Labute approximate surface area is 457 Å². The smallest absolute Gasteiger partial charge is 0.0181 e. The highest BCUT2D eigenvalue weighted by atomic mass is 14.4. The number of hydrogen-bond donors (Lipinski definition) is 0. The fraction of sp³-hybridized carbons (Fsp3) is 0.541. The summed E-state index contributed by atoms with van der Waals surface area (Å²) in [7, 11) is 0. The summed E-state index contributed by atoms with van der Waals surface area (Å²) in [5, 5.41) is 2.67. The quantitative estimate of drug-likeness (QED) is 0.142. The third-order valence-electron chi connectivity index (χ3n) is 16.7. The lowest BCUT2D eigenvalue weighted by molar-refractivity contribution is 0.109. The Bertz CT molecular complexity index is 2240. The van der Waals surface area contributed by atoms with Crippen molar-refractivity contribution in [2.75, 3.05) is 0 Å². The molecular weight excluding hydrogens is 889 g/mol. The minimum absolute atomic E-state index is 0.889. The van der Waals surface area contributed by atoms with Gasteiger partial charge in [0.15, 0.2) is 0 Å². The van der Waals surface area contributed by atoms with Crippen LogP contribution in [0.15, 0.2) is 121 Å². The van der Waals surface area contributed by atoms with E-state index in [0.29, 0.717) is 0 Å². The zero-order valence-electron chi connectivity index (χ0n) is 50.5. The molecule has 3 saturated carbocycles. The van der Waals surface area contributed by atoms with Crippen molar-refractivity contribution in [1.82, 2.24) is 0 Å². The van der Waals surface area contributed by atoms with E-state index < -0.39 is 0 Å². The van der Waals surface area contributed by atoms with E-state index in [1.54, 1.807) is 22.3 Å². The number of rotatable bonds is 0. The van der Waals surface area contributed by atoms with Crippen LogP contribution in [0.3, 0.4) is 0 Å². The molecule has 404 valence electrons. The van der Waals surface area contributed by atoms with Crippen molar-refractivity contribution in [3.63, 3.8) is 0 Å². The van der Waals surface area contributed by atoms with Gasteiger partial charge in [0.05, 0.1) is 0 Å². The molecule has 0 heteroatoms. The van der Waals surface area contributed by atoms with E-state index in [1.807, 2.05) is 13.8 Å². The Morgan fingerprint density at radius 2 is 0.527 bits per heavy atom. The Kier molecular flexibility index (Phi) is 27.6. The Hall–Kier alpha value is -4.42. The van der Waals surface area contributed by atoms with Crippen LogP contribution in [0, 0.1) is 103 Å². The maximum Gasteiger partial charge on any atom is -0.0181 e.